The second-order valence-electron chi connectivity index (χ2n) is 5.19. The number of phenols is 1. The molecule has 2 N–H and O–H groups in total. The fourth-order valence-electron chi connectivity index (χ4n) is 2.11. The summed E-state index contributed by atoms with van der Waals surface area (Å²) in [6, 6.07) is 12.1. The van der Waals surface area contributed by atoms with E-state index < -0.39 is 0 Å². The number of aryl methyl sites for hydroxylation is 1. The van der Waals surface area contributed by atoms with Crippen molar-refractivity contribution < 1.29 is 14.3 Å². The van der Waals surface area contributed by atoms with E-state index in [0.717, 1.165) is 22.9 Å². The molecule has 3 aromatic rings. The summed E-state index contributed by atoms with van der Waals surface area (Å²) in [7, 11) is 0. The fraction of sp³-hybridized carbons (Fsp3) is 0.118. The van der Waals surface area contributed by atoms with Gasteiger partial charge in [0.2, 0.25) is 11.8 Å². The average Bonchev–Trinajstić information content (AvgIpc) is 3.05. The first-order valence-electron chi connectivity index (χ1n) is 7.33. The smallest absolute Gasteiger partial charge is 0.277 e. The Labute approximate surface area is 153 Å². The van der Waals surface area contributed by atoms with Crippen LogP contribution in [0.1, 0.15) is 5.56 Å². The van der Waals surface area contributed by atoms with Crippen molar-refractivity contribution >= 4 is 35.0 Å². The van der Waals surface area contributed by atoms with Gasteiger partial charge in [0.1, 0.15) is 5.75 Å². The van der Waals surface area contributed by atoms with E-state index in [9.17, 15) is 9.90 Å². The molecule has 0 aliphatic heterocycles. The van der Waals surface area contributed by atoms with E-state index in [1.807, 2.05) is 31.2 Å². The summed E-state index contributed by atoms with van der Waals surface area (Å²) >= 11 is 6.96. The van der Waals surface area contributed by atoms with Crippen molar-refractivity contribution in [3.8, 4) is 17.2 Å². The lowest BCUT2D eigenvalue weighted by molar-refractivity contribution is -0.113. The normalized spacial score (nSPS) is 10.6. The van der Waals surface area contributed by atoms with Crippen molar-refractivity contribution in [2.75, 3.05) is 11.1 Å². The van der Waals surface area contributed by atoms with Crippen LogP contribution in [0.3, 0.4) is 0 Å². The van der Waals surface area contributed by atoms with Crippen molar-refractivity contribution in [1.29, 1.82) is 0 Å². The number of phenolic OH excluding ortho intramolecular Hbond substituents is 1. The first-order chi connectivity index (χ1) is 12.0. The van der Waals surface area contributed by atoms with Crippen LogP contribution in [0.15, 0.2) is 52.1 Å². The number of carbonyl (C=O) groups is 1. The van der Waals surface area contributed by atoms with Crippen LogP contribution in [0.4, 0.5) is 5.69 Å². The number of aromatic hydroxyl groups is 1. The van der Waals surface area contributed by atoms with Gasteiger partial charge in [0.05, 0.1) is 11.4 Å². The summed E-state index contributed by atoms with van der Waals surface area (Å²) in [6.07, 6.45) is 0. The molecule has 0 atom stereocenters. The number of nitrogens with one attached hydrogen (secondary N) is 1. The molecule has 3 rings (SSSR count). The van der Waals surface area contributed by atoms with E-state index in [-0.39, 0.29) is 23.1 Å². The summed E-state index contributed by atoms with van der Waals surface area (Å²) in [4.78, 5) is 12.0. The predicted molar refractivity (Wildman–Crippen MR) is 96.9 cm³/mol. The summed E-state index contributed by atoms with van der Waals surface area (Å²) < 4.78 is 5.58. The molecule has 0 saturated heterocycles. The molecule has 1 aromatic heterocycles. The molecule has 0 aliphatic carbocycles. The van der Waals surface area contributed by atoms with Gasteiger partial charge in [-0.25, -0.2) is 0 Å². The topological polar surface area (TPSA) is 88.2 Å². The highest BCUT2D eigenvalue weighted by atomic mass is 35.5. The highest BCUT2D eigenvalue weighted by Crippen LogP contribution is 2.28. The maximum atomic E-state index is 12.0. The number of thioether (sulfide) groups is 1. The van der Waals surface area contributed by atoms with Crippen LogP contribution in [0.5, 0.6) is 5.75 Å². The van der Waals surface area contributed by atoms with Gasteiger partial charge in [0.15, 0.2) is 0 Å². The quantitative estimate of drug-likeness (QED) is 0.514. The SMILES string of the molecule is Cc1ccccc1-c1nnc(SCC(=O)Nc2cc(Cl)ccc2O)o1. The van der Waals surface area contributed by atoms with Gasteiger partial charge in [-0.05, 0) is 36.8 Å². The Morgan fingerprint density at radius 1 is 1.28 bits per heavy atom. The molecule has 1 heterocycles. The van der Waals surface area contributed by atoms with Crippen molar-refractivity contribution in [3.05, 3.63) is 53.1 Å². The molecule has 128 valence electrons. The third kappa shape index (κ3) is 4.32. The van der Waals surface area contributed by atoms with Gasteiger partial charge >= 0.3 is 0 Å². The van der Waals surface area contributed by atoms with E-state index in [1.165, 1.54) is 18.2 Å². The fourth-order valence-corrected chi connectivity index (χ4v) is 2.85. The predicted octanol–water partition coefficient (Wildman–Crippen LogP) is 4.13. The number of hydrogen-bond acceptors (Lipinski definition) is 6. The molecule has 0 saturated carbocycles. The third-order valence-corrected chi connectivity index (χ3v) is 4.39. The summed E-state index contributed by atoms with van der Waals surface area (Å²) in [6.45, 7) is 1.96. The molecule has 25 heavy (non-hydrogen) atoms. The molecule has 0 aliphatic rings. The Balaban J connectivity index is 1.61. The maximum Gasteiger partial charge on any atom is 0.277 e. The second kappa shape index (κ2) is 7.58. The van der Waals surface area contributed by atoms with Crippen LogP contribution in [-0.2, 0) is 4.79 Å². The molecular formula is C17H14ClN3O3S. The minimum Gasteiger partial charge on any atom is -0.506 e. The molecule has 0 bridgehead atoms. The number of nitrogens with zero attached hydrogens (tertiary/aromatic N) is 2. The first-order valence-corrected chi connectivity index (χ1v) is 8.70. The zero-order valence-corrected chi connectivity index (χ0v) is 14.8. The molecule has 2 aromatic carbocycles. The van der Waals surface area contributed by atoms with E-state index in [4.69, 9.17) is 16.0 Å². The third-order valence-electron chi connectivity index (χ3n) is 3.34. The lowest BCUT2D eigenvalue weighted by Crippen LogP contribution is -2.14. The van der Waals surface area contributed by atoms with Gasteiger partial charge in [0.25, 0.3) is 5.22 Å². The number of carbonyl (C=O) groups excluding carboxylic acids is 1. The van der Waals surface area contributed by atoms with Crippen LogP contribution in [0, 0.1) is 6.92 Å². The number of benzene rings is 2. The highest BCUT2D eigenvalue weighted by Gasteiger charge is 2.13. The summed E-state index contributed by atoms with van der Waals surface area (Å²) in [5, 5.41) is 20.9. The van der Waals surface area contributed by atoms with E-state index >= 15 is 0 Å². The molecule has 0 fully saturated rings. The van der Waals surface area contributed by atoms with Crippen LogP contribution in [-0.4, -0.2) is 27.0 Å². The minimum absolute atomic E-state index is 0.0534. The van der Waals surface area contributed by atoms with E-state index in [2.05, 4.69) is 15.5 Å². The van der Waals surface area contributed by atoms with Crippen LogP contribution < -0.4 is 5.32 Å². The number of hydrogen-bond donors (Lipinski definition) is 2. The zero-order chi connectivity index (χ0) is 17.8. The molecule has 0 radical (unpaired) electrons. The molecule has 6 nitrogen and oxygen atoms in total. The van der Waals surface area contributed by atoms with Crippen molar-refractivity contribution in [3.63, 3.8) is 0 Å². The first kappa shape index (κ1) is 17.3. The molecule has 0 spiro atoms. The van der Waals surface area contributed by atoms with Gasteiger partial charge < -0.3 is 14.8 Å². The van der Waals surface area contributed by atoms with Crippen molar-refractivity contribution in [2.24, 2.45) is 0 Å². The van der Waals surface area contributed by atoms with E-state index in [1.54, 1.807) is 0 Å². The number of amides is 1. The Morgan fingerprint density at radius 3 is 2.88 bits per heavy atom. The Morgan fingerprint density at radius 2 is 2.08 bits per heavy atom. The van der Waals surface area contributed by atoms with Crippen LogP contribution >= 0.6 is 23.4 Å². The number of halogens is 1. The Hall–Kier alpha value is -2.51. The second-order valence-corrected chi connectivity index (χ2v) is 6.55. The molecular weight excluding hydrogens is 362 g/mol. The number of anilines is 1. The number of aromatic nitrogens is 2. The van der Waals surface area contributed by atoms with Gasteiger partial charge in [-0.2, -0.15) is 0 Å². The molecule has 0 unspecified atom stereocenters. The Bertz CT molecular complexity index is 914. The van der Waals surface area contributed by atoms with Crippen molar-refractivity contribution in [1.82, 2.24) is 10.2 Å². The molecule has 8 heteroatoms. The molecule has 1 amide bonds. The van der Waals surface area contributed by atoms with Crippen LogP contribution in [0.2, 0.25) is 5.02 Å². The lowest BCUT2D eigenvalue weighted by atomic mass is 10.1. The van der Waals surface area contributed by atoms with Gasteiger partial charge in [-0.1, -0.05) is 41.6 Å². The Kier molecular flexibility index (Phi) is 5.25. The monoisotopic (exact) mass is 375 g/mol. The van der Waals surface area contributed by atoms with Gasteiger partial charge in [-0.15, -0.1) is 10.2 Å². The van der Waals surface area contributed by atoms with Gasteiger partial charge in [-0.3, -0.25) is 4.79 Å². The number of rotatable bonds is 5. The largest absolute Gasteiger partial charge is 0.506 e. The van der Waals surface area contributed by atoms with Gasteiger partial charge in [0, 0.05) is 10.6 Å². The summed E-state index contributed by atoms with van der Waals surface area (Å²) in [5.41, 5.74) is 2.14. The average molecular weight is 376 g/mol. The standard InChI is InChI=1S/C17H14ClN3O3S/c1-10-4-2-3-5-12(10)16-20-21-17(24-16)25-9-15(23)19-13-8-11(18)6-7-14(13)22/h2-8,22H,9H2,1H3,(H,19,23). The maximum absolute atomic E-state index is 12.0. The van der Waals surface area contributed by atoms with Crippen LogP contribution in [0.25, 0.3) is 11.5 Å². The zero-order valence-electron chi connectivity index (χ0n) is 13.2. The lowest BCUT2D eigenvalue weighted by Gasteiger charge is -2.06. The summed E-state index contributed by atoms with van der Waals surface area (Å²) in [5.74, 6) is 0.0931. The van der Waals surface area contributed by atoms with E-state index in [0.29, 0.717) is 16.1 Å². The van der Waals surface area contributed by atoms with Crippen molar-refractivity contribution in [2.45, 2.75) is 12.1 Å². The minimum atomic E-state index is -0.321. The highest BCUT2D eigenvalue weighted by molar-refractivity contribution is 7.99.